The Kier molecular flexibility index (Phi) is 8.28. The first kappa shape index (κ1) is 19.3. The number of nitrogens with one attached hydrogen (secondary N) is 1. The zero-order valence-corrected chi connectivity index (χ0v) is 13.9. The molecule has 0 bridgehead atoms. The fraction of sp³-hybridized carbons (Fsp3) is 0.571. The maximum absolute atomic E-state index is 9.21. The SMILES string of the molecule is CCOc1cc(CNC(C)(C)CO)cc(Cl)c1OC.Cl. The molecule has 20 heavy (non-hydrogen) atoms. The molecule has 0 aliphatic heterocycles. The Morgan fingerprint density at radius 3 is 2.50 bits per heavy atom. The van der Waals surface area contributed by atoms with Crippen LogP contribution in [0.3, 0.4) is 0 Å². The van der Waals surface area contributed by atoms with E-state index in [1.165, 1.54) is 0 Å². The summed E-state index contributed by atoms with van der Waals surface area (Å²) in [4.78, 5) is 0. The predicted molar refractivity (Wildman–Crippen MR) is 84.4 cm³/mol. The highest BCUT2D eigenvalue weighted by Crippen LogP contribution is 2.36. The summed E-state index contributed by atoms with van der Waals surface area (Å²) in [5, 5.41) is 13.0. The fourth-order valence-electron chi connectivity index (χ4n) is 1.58. The lowest BCUT2D eigenvalue weighted by Crippen LogP contribution is -2.42. The first-order valence-corrected chi connectivity index (χ1v) is 6.66. The molecule has 0 radical (unpaired) electrons. The second kappa shape index (κ2) is 8.57. The number of hydrogen-bond acceptors (Lipinski definition) is 4. The number of aliphatic hydroxyl groups is 1. The van der Waals surface area contributed by atoms with E-state index in [1.54, 1.807) is 7.11 Å². The molecule has 0 saturated heterocycles. The number of methoxy groups -OCH3 is 1. The van der Waals surface area contributed by atoms with Crippen molar-refractivity contribution < 1.29 is 14.6 Å². The molecule has 116 valence electrons. The van der Waals surface area contributed by atoms with Gasteiger partial charge in [0.1, 0.15) is 0 Å². The zero-order chi connectivity index (χ0) is 14.5. The summed E-state index contributed by atoms with van der Waals surface area (Å²) in [5.41, 5.74) is 0.647. The number of rotatable bonds is 7. The van der Waals surface area contributed by atoms with Crippen molar-refractivity contribution in [1.29, 1.82) is 0 Å². The van der Waals surface area contributed by atoms with Gasteiger partial charge in [0.05, 0.1) is 25.3 Å². The van der Waals surface area contributed by atoms with Crippen LogP contribution in [0.1, 0.15) is 26.3 Å². The smallest absolute Gasteiger partial charge is 0.179 e. The van der Waals surface area contributed by atoms with Gasteiger partial charge in [-0.2, -0.15) is 0 Å². The molecule has 0 fully saturated rings. The van der Waals surface area contributed by atoms with Gasteiger partial charge in [0.25, 0.3) is 0 Å². The highest BCUT2D eigenvalue weighted by Gasteiger charge is 2.16. The van der Waals surface area contributed by atoms with E-state index in [4.69, 9.17) is 21.1 Å². The van der Waals surface area contributed by atoms with Crippen molar-refractivity contribution in [3.05, 3.63) is 22.7 Å². The third-order valence-corrected chi connectivity index (χ3v) is 3.02. The van der Waals surface area contributed by atoms with Crippen molar-refractivity contribution in [2.75, 3.05) is 20.3 Å². The number of benzene rings is 1. The van der Waals surface area contributed by atoms with Gasteiger partial charge >= 0.3 is 0 Å². The molecule has 0 aliphatic rings. The van der Waals surface area contributed by atoms with Gasteiger partial charge in [-0.15, -0.1) is 12.4 Å². The number of ether oxygens (including phenoxy) is 2. The molecule has 4 nitrogen and oxygen atoms in total. The molecule has 0 saturated carbocycles. The van der Waals surface area contributed by atoms with Gasteiger partial charge in [0.15, 0.2) is 11.5 Å². The lowest BCUT2D eigenvalue weighted by atomic mass is 10.1. The second-order valence-corrected chi connectivity index (χ2v) is 5.34. The maximum atomic E-state index is 9.21. The van der Waals surface area contributed by atoms with Gasteiger partial charge < -0.3 is 19.9 Å². The van der Waals surface area contributed by atoms with Crippen LogP contribution in [0.2, 0.25) is 5.02 Å². The van der Waals surface area contributed by atoms with Crippen LogP contribution in [-0.2, 0) is 6.54 Å². The molecule has 0 unspecified atom stereocenters. The third-order valence-electron chi connectivity index (χ3n) is 2.74. The van der Waals surface area contributed by atoms with Crippen LogP contribution in [-0.4, -0.2) is 31.0 Å². The first-order chi connectivity index (χ1) is 8.93. The Bertz CT molecular complexity index is 425. The Hall–Kier alpha value is -0.680. The van der Waals surface area contributed by atoms with Crippen molar-refractivity contribution in [2.24, 2.45) is 0 Å². The van der Waals surface area contributed by atoms with Gasteiger partial charge in [-0.25, -0.2) is 0 Å². The van der Waals surface area contributed by atoms with Crippen LogP contribution in [0.5, 0.6) is 11.5 Å². The molecule has 1 aromatic carbocycles. The molecule has 0 heterocycles. The minimum Gasteiger partial charge on any atom is -0.491 e. The predicted octanol–water partition coefficient (Wildman–Crippen LogP) is 3.03. The highest BCUT2D eigenvalue weighted by atomic mass is 35.5. The third kappa shape index (κ3) is 5.37. The Labute approximate surface area is 131 Å². The van der Waals surface area contributed by atoms with Crippen LogP contribution < -0.4 is 14.8 Å². The van der Waals surface area contributed by atoms with E-state index in [1.807, 2.05) is 32.9 Å². The summed E-state index contributed by atoms with van der Waals surface area (Å²) < 4.78 is 10.8. The van der Waals surface area contributed by atoms with Crippen LogP contribution in [0.4, 0.5) is 0 Å². The number of hydrogen-bond donors (Lipinski definition) is 2. The van der Waals surface area contributed by atoms with E-state index < -0.39 is 0 Å². The fourth-order valence-corrected chi connectivity index (χ4v) is 1.89. The van der Waals surface area contributed by atoms with Crippen molar-refractivity contribution >= 4 is 24.0 Å². The van der Waals surface area contributed by atoms with E-state index in [2.05, 4.69) is 5.32 Å². The molecule has 0 amide bonds. The first-order valence-electron chi connectivity index (χ1n) is 6.28. The lowest BCUT2D eigenvalue weighted by molar-refractivity contribution is 0.187. The Morgan fingerprint density at radius 2 is 2.00 bits per heavy atom. The van der Waals surface area contributed by atoms with Gasteiger partial charge in [-0.3, -0.25) is 0 Å². The average molecular weight is 324 g/mol. The van der Waals surface area contributed by atoms with Crippen LogP contribution in [0.25, 0.3) is 0 Å². The summed E-state index contributed by atoms with van der Waals surface area (Å²) in [7, 11) is 1.57. The molecule has 1 aromatic rings. The second-order valence-electron chi connectivity index (χ2n) is 4.94. The molecule has 0 aromatic heterocycles. The molecule has 0 aliphatic carbocycles. The Morgan fingerprint density at radius 1 is 1.35 bits per heavy atom. The van der Waals surface area contributed by atoms with Crippen molar-refractivity contribution in [3.8, 4) is 11.5 Å². The number of halogens is 2. The van der Waals surface area contributed by atoms with E-state index >= 15 is 0 Å². The lowest BCUT2D eigenvalue weighted by Gasteiger charge is -2.24. The Balaban J connectivity index is 0.00000361. The van der Waals surface area contributed by atoms with Crippen molar-refractivity contribution in [2.45, 2.75) is 32.9 Å². The standard InChI is InChI=1S/C14H22ClNO3.ClH/c1-5-19-12-7-10(6-11(15)13(12)18-4)8-16-14(2,3)9-17;/h6-7,16-17H,5,8-9H2,1-4H3;1H. The van der Waals surface area contributed by atoms with Gasteiger partial charge in [0, 0.05) is 12.1 Å². The van der Waals surface area contributed by atoms with E-state index in [-0.39, 0.29) is 24.6 Å². The number of aliphatic hydroxyl groups excluding tert-OH is 1. The maximum Gasteiger partial charge on any atom is 0.179 e. The zero-order valence-electron chi connectivity index (χ0n) is 12.3. The largest absolute Gasteiger partial charge is 0.491 e. The molecule has 6 heteroatoms. The summed E-state index contributed by atoms with van der Waals surface area (Å²) in [5.74, 6) is 1.18. The molecule has 0 atom stereocenters. The molecule has 1 rings (SSSR count). The monoisotopic (exact) mass is 323 g/mol. The topological polar surface area (TPSA) is 50.7 Å². The molecular formula is C14H23Cl2NO3. The summed E-state index contributed by atoms with van der Waals surface area (Å²) >= 11 is 6.17. The summed E-state index contributed by atoms with van der Waals surface area (Å²) in [6.45, 7) is 6.98. The van der Waals surface area contributed by atoms with Crippen molar-refractivity contribution in [3.63, 3.8) is 0 Å². The average Bonchev–Trinajstić information content (AvgIpc) is 2.37. The molecule has 0 spiro atoms. The van der Waals surface area contributed by atoms with Crippen LogP contribution >= 0.6 is 24.0 Å². The summed E-state index contributed by atoms with van der Waals surface area (Å²) in [6, 6.07) is 3.73. The normalized spacial score (nSPS) is 10.9. The quantitative estimate of drug-likeness (QED) is 0.809. The van der Waals surface area contributed by atoms with E-state index in [0.29, 0.717) is 29.7 Å². The van der Waals surface area contributed by atoms with E-state index in [9.17, 15) is 5.11 Å². The van der Waals surface area contributed by atoms with E-state index in [0.717, 1.165) is 5.56 Å². The molecule has 2 N–H and O–H groups in total. The van der Waals surface area contributed by atoms with Crippen molar-refractivity contribution in [1.82, 2.24) is 5.32 Å². The minimum atomic E-state index is -0.335. The minimum absolute atomic E-state index is 0. The van der Waals surface area contributed by atoms with Gasteiger partial charge in [0.2, 0.25) is 0 Å². The van der Waals surface area contributed by atoms with Gasteiger partial charge in [-0.1, -0.05) is 11.6 Å². The van der Waals surface area contributed by atoms with Crippen LogP contribution in [0.15, 0.2) is 12.1 Å². The van der Waals surface area contributed by atoms with Gasteiger partial charge in [-0.05, 0) is 38.5 Å². The van der Waals surface area contributed by atoms with Crippen LogP contribution in [0, 0.1) is 0 Å². The summed E-state index contributed by atoms with van der Waals surface area (Å²) in [6.07, 6.45) is 0. The molecular weight excluding hydrogens is 301 g/mol. The highest BCUT2D eigenvalue weighted by molar-refractivity contribution is 6.32.